The molecule has 1 saturated heterocycles. The Morgan fingerprint density at radius 3 is 2.53 bits per heavy atom. The van der Waals surface area contributed by atoms with E-state index in [4.69, 9.17) is 17.3 Å². The van der Waals surface area contributed by atoms with Gasteiger partial charge < -0.3 is 10.6 Å². The highest BCUT2D eigenvalue weighted by molar-refractivity contribution is 7.16. The van der Waals surface area contributed by atoms with Crippen LogP contribution in [0.1, 0.15) is 30.6 Å². The molecule has 2 rings (SSSR count). The second-order valence-corrected chi connectivity index (χ2v) is 6.61. The number of carbonyl (C=O) groups excluding carboxylic acids is 2. The van der Waals surface area contributed by atoms with Gasteiger partial charge in [-0.05, 0) is 31.9 Å². The molecule has 2 heterocycles. The number of likely N-dealkylation sites (tertiary alicyclic amines) is 1. The summed E-state index contributed by atoms with van der Waals surface area (Å²) >= 11 is 7.33. The maximum absolute atomic E-state index is 12.4. The number of hydrogen-bond acceptors (Lipinski definition) is 3. The number of halogens is 1. The summed E-state index contributed by atoms with van der Waals surface area (Å²) in [5, 5.41) is 0. The van der Waals surface area contributed by atoms with Crippen LogP contribution < -0.4 is 5.73 Å². The van der Waals surface area contributed by atoms with Crippen LogP contribution in [0.25, 0.3) is 0 Å². The Hall–Kier alpha value is -1.07. The van der Waals surface area contributed by atoms with Gasteiger partial charge in [-0.3, -0.25) is 9.59 Å². The van der Waals surface area contributed by atoms with E-state index in [0.717, 1.165) is 4.88 Å². The lowest BCUT2D eigenvalue weighted by Gasteiger charge is -2.32. The van der Waals surface area contributed by atoms with Crippen LogP contribution in [0.3, 0.4) is 0 Å². The molecule has 1 aliphatic rings. The number of primary amides is 1. The lowest BCUT2D eigenvalue weighted by molar-refractivity contribution is -0.135. The van der Waals surface area contributed by atoms with Crippen molar-refractivity contribution >= 4 is 34.8 Å². The number of hydrogen-bond donors (Lipinski definition) is 1. The standard InChI is InChI=1S/C13H17ClN2O2S/c1-8(10-2-3-11(14)19-10)13(18)16-6-4-9(5-7-16)12(15)17/h2-3,8-9H,4-7H2,1H3,(H2,15,17). The molecule has 1 unspecified atom stereocenters. The molecule has 104 valence electrons. The Balaban J connectivity index is 1.96. The third-order valence-corrected chi connectivity index (χ3v) is 5.01. The van der Waals surface area contributed by atoms with Gasteiger partial charge in [0.2, 0.25) is 11.8 Å². The van der Waals surface area contributed by atoms with Crippen LogP contribution in [-0.4, -0.2) is 29.8 Å². The third kappa shape index (κ3) is 3.28. The number of amides is 2. The molecule has 4 nitrogen and oxygen atoms in total. The molecule has 2 amide bonds. The van der Waals surface area contributed by atoms with E-state index >= 15 is 0 Å². The fraction of sp³-hybridized carbons (Fsp3) is 0.538. The quantitative estimate of drug-likeness (QED) is 0.930. The van der Waals surface area contributed by atoms with Crippen molar-refractivity contribution in [2.45, 2.75) is 25.7 Å². The molecule has 1 fully saturated rings. The highest BCUT2D eigenvalue weighted by Gasteiger charge is 2.29. The van der Waals surface area contributed by atoms with Crippen LogP contribution in [0.15, 0.2) is 12.1 Å². The molecule has 1 atom stereocenters. The van der Waals surface area contributed by atoms with Crippen molar-refractivity contribution in [3.05, 3.63) is 21.3 Å². The summed E-state index contributed by atoms with van der Waals surface area (Å²) in [6, 6.07) is 3.70. The summed E-state index contributed by atoms with van der Waals surface area (Å²) in [6.45, 7) is 3.11. The number of piperidine rings is 1. The molecule has 1 aromatic heterocycles. The average Bonchev–Trinajstić information content (AvgIpc) is 2.84. The minimum atomic E-state index is -0.259. The zero-order valence-electron chi connectivity index (χ0n) is 10.8. The Labute approximate surface area is 121 Å². The Bertz CT molecular complexity index is 481. The first-order valence-electron chi connectivity index (χ1n) is 6.32. The van der Waals surface area contributed by atoms with Gasteiger partial charge in [0.05, 0.1) is 10.3 Å². The average molecular weight is 301 g/mol. The highest BCUT2D eigenvalue weighted by Crippen LogP contribution is 2.30. The first-order chi connectivity index (χ1) is 8.99. The molecule has 0 spiro atoms. The second kappa shape index (κ2) is 5.92. The maximum Gasteiger partial charge on any atom is 0.230 e. The normalized spacial score (nSPS) is 18.3. The largest absolute Gasteiger partial charge is 0.369 e. The smallest absolute Gasteiger partial charge is 0.230 e. The third-order valence-electron chi connectivity index (χ3n) is 3.60. The highest BCUT2D eigenvalue weighted by atomic mass is 35.5. The number of rotatable bonds is 3. The molecular weight excluding hydrogens is 284 g/mol. The van der Waals surface area contributed by atoms with Gasteiger partial charge in [0, 0.05) is 23.9 Å². The molecule has 0 bridgehead atoms. The van der Waals surface area contributed by atoms with Gasteiger partial charge in [0.15, 0.2) is 0 Å². The zero-order chi connectivity index (χ0) is 14.0. The van der Waals surface area contributed by atoms with Crippen LogP contribution in [0.4, 0.5) is 0 Å². The van der Waals surface area contributed by atoms with E-state index in [1.807, 2.05) is 24.0 Å². The predicted molar refractivity (Wildman–Crippen MR) is 76.2 cm³/mol. The Morgan fingerprint density at radius 1 is 1.42 bits per heavy atom. The molecule has 1 aliphatic heterocycles. The second-order valence-electron chi connectivity index (χ2n) is 4.87. The zero-order valence-corrected chi connectivity index (χ0v) is 12.3. The first kappa shape index (κ1) is 14.3. The summed E-state index contributed by atoms with van der Waals surface area (Å²) in [5.41, 5.74) is 5.29. The number of nitrogens with two attached hydrogens (primary N) is 1. The summed E-state index contributed by atoms with van der Waals surface area (Å²) < 4.78 is 0.696. The fourth-order valence-electron chi connectivity index (χ4n) is 2.34. The van der Waals surface area contributed by atoms with E-state index in [0.29, 0.717) is 30.3 Å². The monoisotopic (exact) mass is 300 g/mol. The molecule has 0 saturated carbocycles. The van der Waals surface area contributed by atoms with Crippen molar-refractivity contribution in [2.75, 3.05) is 13.1 Å². The van der Waals surface area contributed by atoms with E-state index in [-0.39, 0.29) is 23.7 Å². The van der Waals surface area contributed by atoms with E-state index in [2.05, 4.69) is 0 Å². The van der Waals surface area contributed by atoms with Crippen molar-refractivity contribution in [3.63, 3.8) is 0 Å². The van der Waals surface area contributed by atoms with Crippen LogP contribution >= 0.6 is 22.9 Å². The summed E-state index contributed by atoms with van der Waals surface area (Å²) in [5.74, 6) is -0.426. The van der Waals surface area contributed by atoms with Crippen LogP contribution in [0.2, 0.25) is 4.34 Å². The van der Waals surface area contributed by atoms with E-state index in [9.17, 15) is 9.59 Å². The van der Waals surface area contributed by atoms with E-state index in [1.54, 1.807) is 0 Å². The number of thiophene rings is 1. The van der Waals surface area contributed by atoms with E-state index < -0.39 is 0 Å². The predicted octanol–water partition coefficient (Wildman–Crippen LogP) is 2.23. The van der Waals surface area contributed by atoms with Gasteiger partial charge in [-0.2, -0.15) is 0 Å². The molecule has 6 heteroatoms. The molecule has 2 N–H and O–H groups in total. The minimum Gasteiger partial charge on any atom is -0.369 e. The number of carbonyl (C=O) groups is 2. The van der Waals surface area contributed by atoms with Crippen LogP contribution in [0.5, 0.6) is 0 Å². The molecule has 0 radical (unpaired) electrons. The van der Waals surface area contributed by atoms with Gasteiger partial charge >= 0.3 is 0 Å². The Morgan fingerprint density at radius 2 is 2.05 bits per heavy atom. The van der Waals surface area contributed by atoms with Crippen LogP contribution in [-0.2, 0) is 9.59 Å². The van der Waals surface area contributed by atoms with Crippen molar-refractivity contribution < 1.29 is 9.59 Å². The van der Waals surface area contributed by atoms with Crippen molar-refractivity contribution in [2.24, 2.45) is 11.7 Å². The van der Waals surface area contributed by atoms with Gasteiger partial charge in [0.25, 0.3) is 0 Å². The minimum absolute atomic E-state index is 0.0875. The molecule has 19 heavy (non-hydrogen) atoms. The molecule has 0 aliphatic carbocycles. The maximum atomic E-state index is 12.4. The van der Waals surface area contributed by atoms with Gasteiger partial charge in [0.1, 0.15) is 0 Å². The first-order valence-corrected chi connectivity index (χ1v) is 7.52. The van der Waals surface area contributed by atoms with Crippen LogP contribution in [0, 0.1) is 5.92 Å². The lowest BCUT2D eigenvalue weighted by Crippen LogP contribution is -2.43. The SMILES string of the molecule is CC(C(=O)N1CCC(C(N)=O)CC1)c1ccc(Cl)s1. The lowest BCUT2D eigenvalue weighted by atomic mass is 9.95. The van der Waals surface area contributed by atoms with Gasteiger partial charge in [-0.15, -0.1) is 11.3 Å². The van der Waals surface area contributed by atoms with Crippen molar-refractivity contribution in [3.8, 4) is 0 Å². The Kier molecular flexibility index (Phi) is 4.47. The van der Waals surface area contributed by atoms with Gasteiger partial charge in [-0.25, -0.2) is 0 Å². The molecule has 0 aromatic carbocycles. The van der Waals surface area contributed by atoms with Gasteiger partial charge in [-0.1, -0.05) is 11.6 Å². The van der Waals surface area contributed by atoms with E-state index in [1.165, 1.54) is 11.3 Å². The van der Waals surface area contributed by atoms with Crippen molar-refractivity contribution in [1.29, 1.82) is 0 Å². The van der Waals surface area contributed by atoms with Crippen molar-refractivity contribution in [1.82, 2.24) is 4.90 Å². The molecular formula is C13H17ClN2O2S. The summed E-state index contributed by atoms with van der Waals surface area (Å²) in [4.78, 5) is 26.2. The summed E-state index contributed by atoms with van der Waals surface area (Å²) in [7, 11) is 0. The molecule has 1 aromatic rings. The number of nitrogens with zero attached hydrogens (tertiary/aromatic N) is 1. The topological polar surface area (TPSA) is 63.4 Å². The fourth-order valence-corrected chi connectivity index (χ4v) is 3.45. The summed E-state index contributed by atoms with van der Waals surface area (Å²) in [6.07, 6.45) is 1.33.